The van der Waals surface area contributed by atoms with Gasteiger partial charge in [0.2, 0.25) is 5.95 Å². The molecule has 0 bridgehead atoms. The molecule has 0 spiro atoms. The summed E-state index contributed by atoms with van der Waals surface area (Å²) in [5, 5.41) is 10.7. The number of anilines is 2. The van der Waals surface area contributed by atoms with Crippen molar-refractivity contribution in [2.75, 3.05) is 17.6 Å². The number of hydrogen-bond acceptors (Lipinski definition) is 7. The van der Waals surface area contributed by atoms with Crippen LogP contribution >= 0.6 is 0 Å². The highest BCUT2D eigenvalue weighted by Gasteiger charge is 2.17. The van der Waals surface area contributed by atoms with Crippen LogP contribution in [0.2, 0.25) is 0 Å². The number of nitrogens with one attached hydrogen (secondary N) is 2. The maximum atomic E-state index is 5.79. The van der Waals surface area contributed by atoms with Crippen molar-refractivity contribution in [1.82, 2.24) is 20.4 Å². The van der Waals surface area contributed by atoms with Gasteiger partial charge in [0.15, 0.2) is 0 Å². The second-order valence-corrected chi connectivity index (χ2v) is 6.02. The van der Waals surface area contributed by atoms with Crippen LogP contribution in [-0.4, -0.2) is 21.7 Å². The fourth-order valence-corrected chi connectivity index (χ4v) is 2.64. The zero-order valence-electron chi connectivity index (χ0n) is 13.0. The van der Waals surface area contributed by atoms with Crippen molar-refractivity contribution in [2.24, 2.45) is 5.92 Å². The van der Waals surface area contributed by atoms with Gasteiger partial charge in [-0.25, -0.2) is 4.98 Å². The third kappa shape index (κ3) is 3.36. The maximum Gasteiger partial charge on any atom is 0.222 e. The first kappa shape index (κ1) is 14.8. The highest BCUT2D eigenvalue weighted by atomic mass is 16.5. The summed E-state index contributed by atoms with van der Waals surface area (Å²) in [4.78, 5) is 8.62. The quantitative estimate of drug-likeness (QED) is 0.769. The Bertz CT molecular complexity index is 651. The van der Waals surface area contributed by atoms with Gasteiger partial charge in [-0.1, -0.05) is 19.0 Å². The topological polar surface area (TPSA) is 102 Å². The third-order valence-corrected chi connectivity index (χ3v) is 3.61. The summed E-state index contributed by atoms with van der Waals surface area (Å²) in [5.41, 5.74) is 8.77. The van der Waals surface area contributed by atoms with Crippen LogP contribution in [0.1, 0.15) is 36.6 Å². The summed E-state index contributed by atoms with van der Waals surface area (Å²) in [5.74, 6) is 2.57. The number of aromatic nitrogens is 3. The maximum absolute atomic E-state index is 5.79. The molecule has 0 aromatic carbocycles. The molecule has 2 aromatic heterocycles. The van der Waals surface area contributed by atoms with Crippen molar-refractivity contribution in [3.63, 3.8) is 0 Å². The van der Waals surface area contributed by atoms with Crippen molar-refractivity contribution in [2.45, 2.75) is 39.8 Å². The molecule has 2 aromatic rings. The normalized spacial score (nSPS) is 14.1. The zero-order chi connectivity index (χ0) is 15.5. The first-order chi connectivity index (χ1) is 10.6. The molecule has 0 saturated carbocycles. The van der Waals surface area contributed by atoms with Gasteiger partial charge in [0, 0.05) is 24.6 Å². The molecular weight excluding hydrogens is 280 g/mol. The van der Waals surface area contributed by atoms with E-state index in [9.17, 15) is 0 Å². The van der Waals surface area contributed by atoms with E-state index in [0.717, 1.165) is 54.5 Å². The molecule has 3 rings (SSSR count). The van der Waals surface area contributed by atoms with Crippen molar-refractivity contribution in [3.8, 4) is 0 Å². The Kier molecular flexibility index (Phi) is 4.24. The molecular formula is C15H22N6O. The number of nitrogens with zero attached hydrogens (tertiary/aromatic N) is 3. The average molecular weight is 302 g/mol. The molecule has 7 heteroatoms. The largest absolute Gasteiger partial charge is 0.368 e. The van der Waals surface area contributed by atoms with Crippen molar-refractivity contribution in [3.05, 3.63) is 28.8 Å². The van der Waals surface area contributed by atoms with Gasteiger partial charge in [-0.2, -0.15) is 4.98 Å². The van der Waals surface area contributed by atoms with E-state index in [1.54, 1.807) is 0 Å². The summed E-state index contributed by atoms with van der Waals surface area (Å²) in [6.07, 6.45) is 1.80. The van der Waals surface area contributed by atoms with Crippen LogP contribution in [0.5, 0.6) is 0 Å². The van der Waals surface area contributed by atoms with Crippen LogP contribution in [0.25, 0.3) is 0 Å². The predicted octanol–water partition coefficient (Wildman–Crippen LogP) is 1.50. The van der Waals surface area contributed by atoms with Crippen LogP contribution in [0.4, 0.5) is 11.8 Å². The number of hydrogen-bond donors (Lipinski definition) is 3. The monoisotopic (exact) mass is 302 g/mol. The average Bonchev–Trinajstić information content (AvgIpc) is 2.91. The van der Waals surface area contributed by atoms with Crippen LogP contribution < -0.4 is 16.4 Å². The van der Waals surface area contributed by atoms with E-state index < -0.39 is 0 Å². The third-order valence-electron chi connectivity index (χ3n) is 3.61. The Morgan fingerprint density at radius 2 is 2.27 bits per heavy atom. The van der Waals surface area contributed by atoms with Gasteiger partial charge in [0.05, 0.1) is 12.2 Å². The summed E-state index contributed by atoms with van der Waals surface area (Å²) in [7, 11) is 0. The predicted molar refractivity (Wildman–Crippen MR) is 84.2 cm³/mol. The lowest BCUT2D eigenvalue weighted by Crippen LogP contribution is -2.26. The Labute approximate surface area is 129 Å². The molecule has 7 nitrogen and oxygen atoms in total. The summed E-state index contributed by atoms with van der Waals surface area (Å²) >= 11 is 0. The lowest BCUT2D eigenvalue weighted by atomic mass is 10.1. The highest BCUT2D eigenvalue weighted by Crippen LogP contribution is 2.21. The van der Waals surface area contributed by atoms with Crippen LogP contribution in [0.3, 0.4) is 0 Å². The first-order valence-electron chi connectivity index (χ1n) is 7.66. The lowest BCUT2D eigenvalue weighted by Gasteiger charge is -2.19. The van der Waals surface area contributed by atoms with E-state index in [2.05, 4.69) is 39.6 Å². The highest BCUT2D eigenvalue weighted by molar-refractivity contribution is 5.50. The molecule has 1 aliphatic rings. The summed E-state index contributed by atoms with van der Waals surface area (Å²) in [6.45, 7) is 6.55. The fraction of sp³-hybridized carbons (Fsp3) is 0.533. The summed E-state index contributed by atoms with van der Waals surface area (Å²) < 4.78 is 5.34. The standard InChI is InChI=1S/C15H22N6O/c1-9(2)5-11-6-10(21-22-11)7-18-14-12-3-4-17-8-13(12)19-15(16)20-14/h6,9,17H,3-5,7-8H2,1-2H3,(H3,16,18,19,20). The van der Waals surface area contributed by atoms with Crippen molar-refractivity contribution < 1.29 is 4.52 Å². The molecule has 1 aliphatic heterocycles. The second kappa shape index (κ2) is 6.31. The molecule has 0 aliphatic carbocycles. The van der Waals surface area contributed by atoms with E-state index >= 15 is 0 Å². The summed E-state index contributed by atoms with van der Waals surface area (Å²) in [6, 6.07) is 1.99. The minimum atomic E-state index is 0.297. The van der Waals surface area contributed by atoms with Gasteiger partial charge in [-0.05, 0) is 18.9 Å². The molecule has 22 heavy (non-hydrogen) atoms. The van der Waals surface area contributed by atoms with Gasteiger partial charge >= 0.3 is 0 Å². The number of nitrogens with two attached hydrogens (primary N) is 1. The molecule has 118 valence electrons. The molecule has 0 unspecified atom stereocenters. The minimum absolute atomic E-state index is 0.297. The zero-order valence-corrected chi connectivity index (χ0v) is 13.0. The molecule has 4 N–H and O–H groups in total. The molecule has 0 atom stereocenters. The molecule has 0 fully saturated rings. The SMILES string of the molecule is CC(C)Cc1cc(CNc2nc(N)nc3c2CCNC3)no1. The number of nitrogen functional groups attached to an aromatic ring is 1. The van der Waals surface area contributed by atoms with Crippen LogP contribution in [0.15, 0.2) is 10.6 Å². The van der Waals surface area contributed by atoms with Crippen LogP contribution in [0, 0.1) is 5.92 Å². The molecule has 3 heterocycles. The van der Waals surface area contributed by atoms with Gasteiger partial charge in [0.25, 0.3) is 0 Å². The van der Waals surface area contributed by atoms with Gasteiger partial charge in [-0.3, -0.25) is 0 Å². The Balaban J connectivity index is 1.71. The molecule has 0 saturated heterocycles. The van der Waals surface area contributed by atoms with E-state index in [0.29, 0.717) is 18.4 Å². The van der Waals surface area contributed by atoms with Crippen molar-refractivity contribution >= 4 is 11.8 Å². The van der Waals surface area contributed by atoms with Gasteiger partial charge < -0.3 is 20.9 Å². The molecule has 0 amide bonds. The Hall–Kier alpha value is -2.15. The van der Waals surface area contributed by atoms with Gasteiger partial charge in [-0.15, -0.1) is 0 Å². The van der Waals surface area contributed by atoms with Gasteiger partial charge in [0.1, 0.15) is 17.3 Å². The smallest absolute Gasteiger partial charge is 0.222 e. The second-order valence-electron chi connectivity index (χ2n) is 6.02. The number of fused-ring (bicyclic) bond motifs is 1. The number of rotatable bonds is 5. The minimum Gasteiger partial charge on any atom is -0.368 e. The van der Waals surface area contributed by atoms with E-state index in [1.807, 2.05) is 6.07 Å². The lowest BCUT2D eigenvalue weighted by molar-refractivity contribution is 0.364. The Morgan fingerprint density at radius 1 is 1.41 bits per heavy atom. The first-order valence-corrected chi connectivity index (χ1v) is 7.66. The van der Waals surface area contributed by atoms with E-state index in [1.165, 1.54) is 0 Å². The molecule has 0 radical (unpaired) electrons. The Morgan fingerprint density at radius 3 is 3.09 bits per heavy atom. The van der Waals surface area contributed by atoms with E-state index in [-0.39, 0.29) is 0 Å². The van der Waals surface area contributed by atoms with E-state index in [4.69, 9.17) is 10.3 Å². The van der Waals surface area contributed by atoms with Crippen LogP contribution in [-0.2, 0) is 25.9 Å². The van der Waals surface area contributed by atoms with Crippen molar-refractivity contribution in [1.29, 1.82) is 0 Å². The fourth-order valence-electron chi connectivity index (χ4n) is 2.64.